The maximum absolute atomic E-state index is 12.1. The minimum atomic E-state index is -0.507. The first kappa shape index (κ1) is 12.9. The fourth-order valence-electron chi connectivity index (χ4n) is 1.64. The Balaban J connectivity index is 2.25. The van der Waals surface area contributed by atoms with Crippen LogP contribution in [0.2, 0.25) is 10.0 Å². The summed E-state index contributed by atoms with van der Waals surface area (Å²) >= 11 is 11.6. The highest BCUT2D eigenvalue weighted by molar-refractivity contribution is 6.35. The Labute approximate surface area is 113 Å². The van der Waals surface area contributed by atoms with Crippen molar-refractivity contribution in [3.8, 4) is 0 Å². The molecule has 2 rings (SSSR count). The van der Waals surface area contributed by atoms with Crippen LogP contribution in [0.3, 0.4) is 0 Å². The van der Waals surface area contributed by atoms with Crippen molar-refractivity contribution in [2.45, 2.75) is 0 Å². The van der Waals surface area contributed by atoms with Gasteiger partial charge in [0.2, 0.25) is 11.8 Å². The third kappa shape index (κ3) is 2.80. The van der Waals surface area contributed by atoms with Crippen LogP contribution in [0, 0.1) is 0 Å². The van der Waals surface area contributed by atoms with Crippen molar-refractivity contribution in [2.75, 3.05) is 13.1 Å². The van der Waals surface area contributed by atoms with E-state index < -0.39 is 17.7 Å². The first-order valence-corrected chi connectivity index (χ1v) is 5.79. The zero-order valence-corrected chi connectivity index (χ0v) is 10.6. The highest BCUT2D eigenvalue weighted by atomic mass is 35.5. The number of nitrogens with one attached hydrogen (secondary N) is 1. The highest BCUT2D eigenvalue weighted by Crippen LogP contribution is 2.20. The van der Waals surface area contributed by atoms with Crippen molar-refractivity contribution in [2.24, 2.45) is 0 Å². The maximum atomic E-state index is 12.1. The largest absolute Gasteiger partial charge is 0.320 e. The predicted molar refractivity (Wildman–Crippen MR) is 65.5 cm³/mol. The molecule has 0 unspecified atom stereocenters. The molecule has 0 radical (unpaired) electrons. The number of amides is 3. The lowest BCUT2D eigenvalue weighted by atomic mass is 10.2. The maximum Gasteiger partial charge on any atom is 0.254 e. The summed E-state index contributed by atoms with van der Waals surface area (Å²) in [6.07, 6.45) is 0. The zero-order chi connectivity index (χ0) is 13.3. The van der Waals surface area contributed by atoms with E-state index in [-0.39, 0.29) is 18.7 Å². The van der Waals surface area contributed by atoms with Crippen molar-refractivity contribution in [3.63, 3.8) is 0 Å². The van der Waals surface area contributed by atoms with Crippen LogP contribution in [-0.2, 0) is 9.59 Å². The molecule has 0 aromatic heterocycles. The van der Waals surface area contributed by atoms with Gasteiger partial charge >= 0.3 is 0 Å². The standard InChI is InChI=1S/C11H8Cl2N2O3/c12-7-1-6(2-8(13)3-7)11(18)15-4-9(16)14-10(17)5-15/h1-3H,4-5H2,(H,14,16,17). The molecule has 0 bridgehead atoms. The second-order valence-electron chi connectivity index (χ2n) is 3.79. The molecule has 1 N–H and O–H groups in total. The Bertz CT molecular complexity index is 509. The Morgan fingerprint density at radius 3 is 2.06 bits per heavy atom. The van der Waals surface area contributed by atoms with Crippen LogP contribution < -0.4 is 5.32 Å². The summed E-state index contributed by atoms with van der Waals surface area (Å²) in [4.78, 5) is 35.6. The minimum absolute atomic E-state index is 0.158. The van der Waals surface area contributed by atoms with Gasteiger partial charge in [0, 0.05) is 15.6 Å². The van der Waals surface area contributed by atoms with Gasteiger partial charge in [0.15, 0.2) is 0 Å². The van der Waals surface area contributed by atoms with Gasteiger partial charge in [-0.3, -0.25) is 19.7 Å². The number of hydrogen-bond acceptors (Lipinski definition) is 3. The van der Waals surface area contributed by atoms with E-state index >= 15 is 0 Å². The van der Waals surface area contributed by atoms with Gasteiger partial charge in [-0.2, -0.15) is 0 Å². The van der Waals surface area contributed by atoms with Crippen LogP contribution >= 0.6 is 23.2 Å². The van der Waals surface area contributed by atoms with Crippen molar-refractivity contribution >= 4 is 40.9 Å². The fraction of sp³-hybridized carbons (Fsp3) is 0.182. The molecule has 7 heteroatoms. The molecule has 1 aliphatic rings. The van der Waals surface area contributed by atoms with Gasteiger partial charge in [-0.1, -0.05) is 23.2 Å². The van der Waals surface area contributed by atoms with Gasteiger partial charge in [-0.15, -0.1) is 0 Å². The van der Waals surface area contributed by atoms with Crippen LogP contribution in [0.5, 0.6) is 0 Å². The van der Waals surface area contributed by atoms with Crippen molar-refractivity contribution in [3.05, 3.63) is 33.8 Å². The summed E-state index contributed by atoms with van der Waals surface area (Å²) in [5.74, 6) is -1.47. The molecular weight excluding hydrogens is 279 g/mol. The first-order valence-electron chi connectivity index (χ1n) is 5.04. The number of benzene rings is 1. The molecule has 1 heterocycles. The number of carbonyl (C=O) groups is 3. The second kappa shape index (κ2) is 4.96. The molecule has 0 atom stereocenters. The van der Waals surface area contributed by atoms with Gasteiger partial charge in [-0.25, -0.2) is 0 Å². The molecule has 1 fully saturated rings. The van der Waals surface area contributed by atoms with Crippen LogP contribution in [-0.4, -0.2) is 35.7 Å². The van der Waals surface area contributed by atoms with Crippen molar-refractivity contribution < 1.29 is 14.4 Å². The molecule has 1 saturated heterocycles. The third-order valence-corrected chi connectivity index (χ3v) is 2.78. The lowest BCUT2D eigenvalue weighted by Crippen LogP contribution is -2.53. The topological polar surface area (TPSA) is 66.5 Å². The smallest absolute Gasteiger partial charge is 0.254 e. The summed E-state index contributed by atoms with van der Waals surface area (Å²) in [6.45, 7) is -0.316. The van der Waals surface area contributed by atoms with Crippen LogP contribution in [0.15, 0.2) is 18.2 Å². The lowest BCUT2D eigenvalue weighted by Gasteiger charge is -2.25. The number of carbonyl (C=O) groups excluding carboxylic acids is 3. The first-order chi connectivity index (χ1) is 8.45. The molecule has 5 nitrogen and oxygen atoms in total. The van der Waals surface area contributed by atoms with Gasteiger partial charge in [0.25, 0.3) is 5.91 Å². The average Bonchev–Trinajstić information content (AvgIpc) is 2.25. The normalized spacial score (nSPS) is 15.6. The monoisotopic (exact) mass is 286 g/mol. The molecule has 3 amide bonds. The molecule has 1 aromatic carbocycles. The quantitative estimate of drug-likeness (QED) is 0.786. The van der Waals surface area contributed by atoms with Crippen molar-refractivity contribution in [1.82, 2.24) is 10.2 Å². The van der Waals surface area contributed by atoms with E-state index in [9.17, 15) is 14.4 Å². The van der Waals surface area contributed by atoms with E-state index in [0.717, 1.165) is 4.90 Å². The molecule has 94 valence electrons. The number of rotatable bonds is 1. The average molecular weight is 287 g/mol. The molecule has 0 saturated carbocycles. The van der Waals surface area contributed by atoms with E-state index in [2.05, 4.69) is 5.32 Å². The summed E-state index contributed by atoms with van der Waals surface area (Å²) in [6, 6.07) is 4.37. The Morgan fingerprint density at radius 2 is 1.56 bits per heavy atom. The molecule has 1 aromatic rings. The number of piperazine rings is 1. The molecule has 18 heavy (non-hydrogen) atoms. The molecule has 1 aliphatic heterocycles. The van der Waals surface area contributed by atoms with Gasteiger partial charge in [-0.05, 0) is 18.2 Å². The van der Waals surface area contributed by atoms with Crippen LogP contribution in [0.25, 0.3) is 0 Å². The predicted octanol–water partition coefficient (Wildman–Crippen LogP) is 1.09. The summed E-state index contributed by atoms with van der Waals surface area (Å²) in [7, 11) is 0. The molecule has 0 aliphatic carbocycles. The van der Waals surface area contributed by atoms with E-state index in [4.69, 9.17) is 23.2 Å². The van der Waals surface area contributed by atoms with Gasteiger partial charge < -0.3 is 4.90 Å². The Kier molecular flexibility index (Phi) is 3.54. The van der Waals surface area contributed by atoms with Gasteiger partial charge in [0.05, 0.1) is 0 Å². The van der Waals surface area contributed by atoms with Crippen LogP contribution in [0.1, 0.15) is 10.4 Å². The summed E-state index contributed by atoms with van der Waals surface area (Å²) in [5.41, 5.74) is 0.245. The Morgan fingerprint density at radius 1 is 1.06 bits per heavy atom. The second-order valence-corrected chi connectivity index (χ2v) is 4.66. The summed E-state index contributed by atoms with van der Waals surface area (Å²) < 4.78 is 0. The lowest BCUT2D eigenvalue weighted by molar-refractivity contribution is -0.135. The Hall–Kier alpha value is -1.59. The third-order valence-electron chi connectivity index (χ3n) is 2.34. The van der Waals surface area contributed by atoms with E-state index in [0.29, 0.717) is 10.0 Å². The van der Waals surface area contributed by atoms with Crippen LogP contribution in [0.4, 0.5) is 0 Å². The van der Waals surface area contributed by atoms with E-state index in [1.54, 1.807) is 0 Å². The number of nitrogens with zero attached hydrogens (tertiary/aromatic N) is 1. The number of halogens is 2. The van der Waals surface area contributed by atoms with E-state index in [1.165, 1.54) is 18.2 Å². The fourth-order valence-corrected chi connectivity index (χ4v) is 2.17. The SMILES string of the molecule is O=C1CN(C(=O)c2cc(Cl)cc(Cl)c2)CC(=O)N1. The zero-order valence-electron chi connectivity index (χ0n) is 9.07. The van der Waals surface area contributed by atoms with Gasteiger partial charge in [0.1, 0.15) is 13.1 Å². The summed E-state index contributed by atoms with van der Waals surface area (Å²) in [5, 5.41) is 2.75. The number of hydrogen-bond donors (Lipinski definition) is 1. The minimum Gasteiger partial charge on any atom is -0.320 e. The molecule has 0 spiro atoms. The van der Waals surface area contributed by atoms with E-state index in [1.807, 2.05) is 0 Å². The molecular formula is C11H8Cl2N2O3. The highest BCUT2D eigenvalue weighted by Gasteiger charge is 2.27. The number of imide groups is 1. The van der Waals surface area contributed by atoms with Crippen molar-refractivity contribution in [1.29, 1.82) is 0 Å².